The molecule has 0 bridgehead atoms. The van der Waals surface area contributed by atoms with E-state index in [2.05, 4.69) is 43.1 Å². The fraction of sp³-hybridized carbons (Fsp3) is 0.647. The van der Waals surface area contributed by atoms with Crippen LogP contribution in [-0.4, -0.2) is 37.6 Å². The molecule has 1 N–H and O–H groups in total. The second-order valence-corrected chi connectivity index (χ2v) is 6.58. The summed E-state index contributed by atoms with van der Waals surface area (Å²) < 4.78 is 0. The summed E-state index contributed by atoms with van der Waals surface area (Å²) in [5.41, 5.74) is 6.53. The second-order valence-electron chi connectivity index (χ2n) is 6.58. The number of nitrogens with one attached hydrogen (secondary N) is 1. The molecular formula is C17H26N2. The lowest BCUT2D eigenvalue weighted by atomic mass is 9.86. The topological polar surface area (TPSA) is 15.3 Å². The van der Waals surface area contributed by atoms with Gasteiger partial charge in [0.05, 0.1) is 0 Å². The third kappa shape index (κ3) is 2.56. The van der Waals surface area contributed by atoms with Crippen LogP contribution in [0.15, 0.2) is 12.1 Å². The van der Waals surface area contributed by atoms with Crippen molar-refractivity contribution in [2.75, 3.05) is 32.7 Å². The molecule has 0 unspecified atom stereocenters. The molecule has 2 aliphatic rings. The van der Waals surface area contributed by atoms with E-state index in [9.17, 15) is 0 Å². The zero-order valence-corrected chi connectivity index (χ0v) is 12.6. The van der Waals surface area contributed by atoms with Crippen LogP contribution < -0.4 is 5.32 Å². The van der Waals surface area contributed by atoms with E-state index in [1.54, 1.807) is 5.56 Å². The average Bonchev–Trinajstić information content (AvgIpc) is 3.09. The number of aryl methyl sites for hydroxylation is 3. The maximum Gasteiger partial charge on any atom is 0.0108 e. The number of benzene rings is 1. The van der Waals surface area contributed by atoms with E-state index in [0.717, 1.165) is 13.1 Å². The summed E-state index contributed by atoms with van der Waals surface area (Å²) >= 11 is 0. The highest BCUT2D eigenvalue weighted by atomic mass is 15.2. The first-order chi connectivity index (χ1) is 9.11. The third-order valence-electron chi connectivity index (χ3n) is 4.80. The van der Waals surface area contributed by atoms with Gasteiger partial charge < -0.3 is 5.32 Å². The highest BCUT2D eigenvalue weighted by Crippen LogP contribution is 2.51. The molecule has 0 amide bonds. The molecule has 0 radical (unpaired) electrons. The highest BCUT2D eigenvalue weighted by Gasteiger charge is 2.47. The number of hydrogen-bond donors (Lipinski definition) is 1. The summed E-state index contributed by atoms with van der Waals surface area (Å²) in [6.07, 6.45) is 2.75. The molecule has 1 aromatic carbocycles. The normalized spacial score (nSPS) is 22.5. The molecule has 2 heteroatoms. The van der Waals surface area contributed by atoms with Crippen LogP contribution in [0, 0.1) is 20.8 Å². The summed E-state index contributed by atoms with van der Waals surface area (Å²) in [6, 6.07) is 4.72. The van der Waals surface area contributed by atoms with Crippen molar-refractivity contribution >= 4 is 0 Å². The predicted molar refractivity (Wildman–Crippen MR) is 80.9 cm³/mol. The number of nitrogens with zero attached hydrogens (tertiary/aromatic N) is 1. The molecule has 2 fully saturated rings. The van der Waals surface area contributed by atoms with Gasteiger partial charge in [-0.2, -0.15) is 0 Å². The molecule has 0 atom stereocenters. The lowest BCUT2D eigenvalue weighted by Gasteiger charge is -2.32. The maximum atomic E-state index is 3.45. The molecule has 0 spiro atoms. The van der Waals surface area contributed by atoms with E-state index in [1.807, 2.05) is 0 Å². The predicted octanol–water partition coefficient (Wildman–Crippen LogP) is 2.55. The lowest BCUT2D eigenvalue weighted by Crippen LogP contribution is -2.46. The fourth-order valence-electron chi connectivity index (χ4n) is 3.95. The molecule has 2 nitrogen and oxygen atoms in total. The fourth-order valence-corrected chi connectivity index (χ4v) is 3.95. The van der Waals surface area contributed by atoms with Crippen molar-refractivity contribution < 1.29 is 0 Å². The van der Waals surface area contributed by atoms with Crippen molar-refractivity contribution in [1.29, 1.82) is 0 Å². The van der Waals surface area contributed by atoms with Gasteiger partial charge in [-0.1, -0.05) is 17.7 Å². The number of rotatable bonds is 3. The van der Waals surface area contributed by atoms with Crippen molar-refractivity contribution in [3.8, 4) is 0 Å². The van der Waals surface area contributed by atoms with Crippen LogP contribution in [0.3, 0.4) is 0 Å². The van der Waals surface area contributed by atoms with Crippen LogP contribution in [0.25, 0.3) is 0 Å². The minimum absolute atomic E-state index is 0.471. The molecule has 1 saturated heterocycles. The van der Waals surface area contributed by atoms with Gasteiger partial charge in [-0.05, 0) is 50.3 Å². The van der Waals surface area contributed by atoms with Gasteiger partial charge in [0.25, 0.3) is 0 Å². The summed E-state index contributed by atoms with van der Waals surface area (Å²) in [6.45, 7) is 12.8. The van der Waals surface area contributed by atoms with Gasteiger partial charge >= 0.3 is 0 Å². The van der Waals surface area contributed by atoms with Gasteiger partial charge in [0.1, 0.15) is 0 Å². The number of piperazine rings is 1. The average molecular weight is 258 g/mol. The van der Waals surface area contributed by atoms with Gasteiger partial charge in [0, 0.05) is 38.1 Å². The Labute approximate surface area is 117 Å². The molecule has 0 aromatic heterocycles. The summed E-state index contributed by atoms with van der Waals surface area (Å²) in [5.74, 6) is 0. The van der Waals surface area contributed by atoms with Gasteiger partial charge in [0.2, 0.25) is 0 Å². The van der Waals surface area contributed by atoms with Crippen molar-refractivity contribution in [1.82, 2.24) is 10.2 Å². The van der Waals surface area contributed by atoms with Gasteiger partial charge in [-0.3, -0.25) is 4.90 Å². The van der Waals surface area contributed by atoms with Crippen LogP contribution in [0.5, 0.6) is 0 Å². The Morgan fingerprint density at radius 1 is 1.05 bits per heavy atom. The monoisotopic (exact) mass is 258 g/mol. The van der Waals surface area contributed by atoms with Crippen LogP contribution in [0.2, 0.25) is 0 Å². The van der Waals surface area contributed by atoms with Crippen molar-refractivity contribution in [2.45, 2.75) is 39.0 Å². The van der Waals surface area contributed by atoms with Crippen LogP contribution in [-0.2, 0) is 5.41 Å². The first kappa shape index (κ1) is 13.1. The largest absolute Gasteiger partial charge is 0.314 e. The zero-order chi connectivity index (χ0) is 13.5. The third-order valence-corrected chi connectivity index (χ3v) is 4.80. The molecule has 19 heavy (non-hydrogen) atoms. The SMILES string of the molecule is Cc1cc(C)c(C2(CN3CCNCC3)CC2)c(C)c1. The molecular weight excluding hydrogens is 232 g/mol. The summed E-state index contributed by atoms with van der Waals surface area (Å²) in [7, 11) is 0. The second kappa shape index (κ2) is 4.92. The Hall–Kier alpha value is -0.860. The Kier molecular flexibility index (Phi) is 3.40. The van der Waals surface area contributed by atoms with Crippen LogP contribution in [0.4, 0.5) is 0 Å². The maximum absolute atomic E-state index is 3.45. The first-order valence-electron chi connectivity index (χ1n) is 7.62. The summed E-state index contributed by atoms with van der Waals surface area (Å²) in [5, 5.41) is 3.45. The smallest absolute Gasteiger partial charge is 0.0108 e. The quantitative estimate of drug-likeness (QED) is 0.896. The summed E-state index contributed by atoms with van der Waals surface area (Å²) in [4.78, 5) is 2.65. The van der Waals surface area contributed by atoms with E-state index in [-0.39, 0.29) is 0 Å². The van der Waals surface area contributed by atoms with Crippen LogP contribution >= 0.6 is 0 Å². The van der Waals surface area contributed by atoms with Gasteiger partial charge in [-0.15, -0.1) is 0 Å². The van der Waals surface area contributed by atoms with E-state index >= 15 is 0 Å². The molecule has 104 valence electrons. The Balaban J connectivity index is 1.84. The molecule has 1 saturated carbocycles. The Bertz CT molecular complexity index is 445. The molecule has 1 aliphatic heterocycles. The molecule has 3 rings (SSSR count). The Morgan fingerprint density at radius 3 is 2.16 bits per heavy atom. The molecule has 1 heterocycles. The highest BCUT2D eigenvalue weighted by molar-refractivity contribution is 5.46. The lowest BCUT2D eigenvalue weighted by molar-refractivity contribution is 0.220. The minimum atomic E-state index is 0.471. The zero-order valence-electron chi connectivity index (χ0n) is 12.6. The van der Waals surface area contributed by atoms with Crippen molar-refractivity contribution in [2.24, 2.45) is 0 Å². The first-order valence-corrected chi connectivity index (χ1v) is 7.62. The van der Waals surface area contributed by atoms with Gasteiger partial charge in [-0.25, -0.2) is 0 Å². The van der Waals surface area contributed by atoms with E-state index in [1.165, 1.54) is 49.2 Å². The standard InChI is InChI=1S/C17H26N2/c1-13-10-14(2)16(15(3)11-13)17(4-5-17)12-19-8-6-18-7-9-19/h10-11,18H,4-9,12H2,1-3H3. The molecule has 1 aromatic rings. The minimum Gasteiger partial charge on any atom is -0.314 e. The van der Waals surface area contributed by atoms with E-state index < -0.39 is 0 Å². The Morgan fingerprint density at radius 2 is 1.63 bits per heavy atom. The van der Waals surface area contributed by atoms with Crippen molar-refractivity contribution in [3.05, 3.63) is 34.4 Å². The van der Waals surface area contributed by atoms with Crippen molar-refractivity contribution in [3.63, 3.8) is 0 Å². The van der Waals surface area contributed by atoms with E-state index in [4.69, 9.17) is 0 Å². The van der Waals surface area contributed by atoms with E-state index in [0.29, 0.717) is 5.41 Å². The number of hydrogen-bond acceptors (Lipinski definition) is 2. The van der Waals surface area contributed by atoms with Gasteiger partial charge in [0.15, 0.2) is 0 Å². The van der Waals surface area contributed by atoms with Crippen LogP contribution in [0.1, 0.15) is 35.1 Å². The molecule has 1 aliphatic carbocycles.